The van der Waals surface area contributed by atoms with Crippen molar-refractivity contribution >= 4 is 23.3 Å². The molecule has 2 amide bonds. The van der Waals surface area contributed by atoms with Crippen molar-refractivity contribution in [3.05, 3.63) is 21.9 Å². The van der Waals surface area contributed by atoms with Gasteiger partial charge in [0.15, 0.2) is 0 Å². The fourth-order valence-corrected chi connectivity index (χ4v) is 3.48. The molecule has 0 radical (unpaired) electrons. The van der Waals surface area contributed by atoms with Gasteiger partial charge in [-0.05, 0) is 42.2 Å². The number of hydrogen-bond donors (Lipinski definition) is 3. The number of amides is 2. The molecule has 0 bridgehead atoms. The fourth-order valence-electron chi connectivity index (χ4n) is 2.49. The van der Waals surface area contributed by atoms with Gasteiger partial charge in [0.25, 0.3) is 0 Å². The third-order valence-corrected chi connectivity index (χ3v) is 4.57. The van der Waals surface area contributed by atoms with Crippen LogP contribution >= 0.6 is 11.3 Å². The molecule has 1 unspecified atom stereocenters. The summed E-state index contributed by atoms with van der Waals surface area (Å²) in [5, 5.41) is 16.6. The van der Waals surface area contributed by atoms with E-state index in [0.717, 1.165) is 19.3 Å². The normalized spacial score (nSPS) is 19.2. The maximum atomic E-state index is 12.0. The number of aliphatic carboxylic acids is 1. The summed E-state index contributed by atoms with van der Waals surface area (Å²) in [7, 11) is 0. The van der Waals surface area contributed by atoms with E-state index in [4.69, 9.17) is 5.11 Å². The third-order valence-electron chi connectivity index (χ3n) is 3.58. The molecule has 2 atom stereocenters. The number of hydrogen-bond acceptors (Lipinski definition) is 3. The lowest BCUT2D eigenvalue weighted by Gasteiger charge is -2.25. The highest BCUT2D eigenvalue weighted by Gasteiger charge is 2.26. The van der Waals surface area contributed by atoms with Crippen molar-refractivity contribution in [1.29, 1.82) is 0 Å². The first-order valence-electron chi connectivity index (χ1n) is 6.85. The molecule has 110 valence electrons. The Morgan fingerprint density at radius 2 is 2.20 bits per heavy atom. The van der Waals surface area contributed by atoms with E-state index in [1.165, 1.54) is 10.4 Å². The SMILES string of the molecule is CC(C)[C@@H](NC(=O)NC1CCCc2sccc21)C(=O)O. The Morgan fingerprint density at radius 3 is 2.85 bits per heavy atom. The molecule has 0 saturated heterocycles. The van der Waals surface area contributed by atoms with Gasteiger partial charge in [0.05, 0.1) is 6.04 Å². The van der Waals surface area contributed by atoms with Crippen LogP contribution in [0.2, 0.25) is 0 Å². The average molecular weight is 296 g/mol. The Hall–Kier alpha value is -1.56. The first-order valence-corrected chi connectivity index (χ1v) is 7.73. The van der Waals surface area contributed by atoms with Crippen LogP contribution in [0, 0.1) is 5.92 Å². The van der Waals surface area contributed by atoms with Crippen LogP contribution in [0.3, 0.4) is 0 Å². The molecule has 6 heteroatoms. The predicted molar refractivity (Wildman–Crippen MR) is 77.9 cm³/mol. The number of carboxylic acids is 1. The van der Waals surface area contributed by atoms with Gasteiger partial charge in [0.2, 0.25) is 0 Å². The van der Waals surface area contributed by atoms with Gasteiger partial charge in [0.1, 0.15) is 6.04 Å². The van der Waals surface area contributed by atoms with E-state index in [9.17, 15) is 9.59 Å². The minimum absolute atomic E-state index is 0.00777. The lowest BCUT2D eigenvalue weighted by atomic mass is 9.94. The van der Waals surface area contributed by atoms with Crippen LogP contribution < -0.4 is 10.6 Å². The fraction of sp³-hybridized carbons (Fsp3) is 0.571. The van der Waals surface area contributed by atoms with E-state index in [-0.39, 0.29) is 12.0 Å². The van der Waals surface area contributed by atoms with Crippen LogP contribution in [-0.4, -0.2) is 23.1 Å². The second-order valence-electron chi connectivity index (χ2n) is 5.42. The molecule has 0 aliphatic heterocycles. The molecule has 5 nitrogen and oxygen atoms in total. The number of urea groups is 1. The van der Waals surface area contributed by atoms with E-state index in [2.05, 4.69) is 10.6 Å². The van der Waals surface area contributed by atoms with E-state index in [0.29, 0.717) is 0 Å². The van der Waals surface area contributed by atoms with Gasteiger partial charge < -0.3 is 15.7 Å². The monoisotopic (exact) mass is 296 g/mol. The molecule has 0 spiro atoms. The Morgan fingerprint density at radius 1 is 1.45 bits per heavy atom. The van der Waals surface area contributed by atoms with Crippen LogP contribution in [0.25, 0.3) is 0 Å². The zero-order valence-corrected chi connectivity index (χ0v) is 12.5. The van der Waals surface area contributed by atoms with Crippen molar-refractivity contribution in [1.82, 2.24) is 10.6 Å². The standard InChI is InChI=1S/C14H20N2O3S/c1-8(2)12(13(17)18)16-14(19)15-10-4-3-5-11-9(10)6-7-20-11/h6-8,10,12H,3-5H2,1-2H3,(H,17,18)(H2,15,16,19)/t10?,12-/m1/s1. The molecule has 20 heavy (non-hydrogen) atoms. The second kappa shape index (κ2) is 6.26. The first-order chi connectivity index (χ1) is 9.49. The molecule has 1 aromatic rings. The van der Waals surface area contributed by atoms with Crippen molar-refractivity contribution < 1.29 is 14.7 Å². The Labute approximate surface area is 122 Å². The summed E-state index contributed by atoms with van der Waals surface area (Å²) in [5.74, 6) is -1.16. The van der Waals surface area contributed by atoms with Gasteiger partial charge in [0, 0.05) is 4.88 Å². The lowest BCUT2D eigenvalue weighted by molar-refractivity contribution is -0.140. The predicted octanol–water partition coefficient (Wildman–Crippen LogP) is 2.53. The summed E-state index contributed by atoms with van der Waals surface area (Å²) in [6.07, 6.45) is 3.01. The van der Waals surface area contributed by atoms with Gasteiger partial charge in [-0.25, -0.2) is 9.59 Å². The van der Waals surface area contributed by atoms with E-state index in [1.54, 1.807) is 25.2 Å². The molecule has 2 rings (SSSR count). The largest absolute Gasteiger partial charge is 0.480 e. The number of rotatable bonds is 4. The molecule has 1 aliphatic rings. The van der Waals surface area contributed by atoms with Gasteiger partial charge in [-0.2, -0.15) is 0 Å². The van der Waals surface area contributed by atoms with Crippen LogP contribution in [0.1, 0.15) is 43.2 Å². The first kappa shape index (κ1) is 14.8. The third kappa shape index (κ3) is 3.30. The Balaban J connectivity index is 1.98. The number of carboxylic acid groups (broad SMARTS) is 1. The zero-order valence-electron chi connectivity index (χ0n) is 11.7. The highest BCUT2D eigenvalue weighted by Crippen LogP contribution is 2.33. The number of aryl methyl sites for hydroxylation is 1. The van der Waals surface area contributed by atoms with Crippen molar-refractivity contribution in [2.45, 2.75) is 45.2 Å². The summed E-state index contributed by atoms with van der Waals surface area (Å²) in [4.78, 5) is 24.4. The smallest absolute Gasteiger partial charge is 0.326 e. The van der Waals surface area contributed by atoms with E-state index >= 15 is 0 Å². The van der Waals surface area contributed by atoms with Gasteiger partial charge in [-0.3, -0.25) is 0 Å². The maximum Gasteiger partial charge on any atom is 0.326 e. The summed E-state index contributed by atoms with van der Waals surface area (Å²) in [6, 6.07) is 0.767. The van der Waals surface area contributed by atoms with Crippen LogP contribution in [0.5, 0.6) is 0 Å². The number of nitrogens with one attached hydrogen (secondary N) is 2. The molecular formula is C14H20N2O3S. The Bertz CT molecular complexity index is 498. The molecule has 0 aromatic carbocycles. The minimum Gasteiger partial charge on any atom is -0.480 e. The van der Waals surface area contributed by atoms with Crippen molar-refractivity contribution in [2.24, 2.45) is 5.92 Å². The molecule has 0 saturated carbocycles. The van der Waals surface area contributed by atoms with Crippen LogP contribution in [0.15, 0.2) is 11.4 Å². The van der Waals surface area contributed by atoms with Gasteiger partial charge in [-0.1, -0.05) is 13.8 Å². The van der Waals surface area contributed by atoms with Crippen LogP contribution in [0.4, 0.5) is 4.79 Å². The number of carbonyl (C=O) groups is 2. The minimum atomic E-state index is -1.00. The number of fused-ring (bicyclic) bond motifs is 1. The summed E-state index contributed by atoms with van der Waals surface area (Å²) >= 11 is 1.71. The molecule has 3 N–H and O–H groups in total. The Kier molecular flexibility index (Phi) is 4.65. The van der Waals surface area contributed by atoms with Crippen molar-refractivity contribution in [3.8, 4) is 0 Å². The molecule has 1 aromatic heterocycles. The molecule has 1 heterocycles. The van der Waals surface area contributed by atoms with Gasteiger partial charge in [-0.15, -0.1) is 11.3 Å². The zero-order chi connectivity index (χ0) is 14.7. The second-order valence-corrected chi connectivity index (χ2v) is 6.42. The van der Waals surface area contributed by atoms with Crippen molar-refractivity contribution in [2.75, 3.05) is 0 Å². The highest BCUT2D eigenvalue weighted by molar-refractivity contribution is 7.10. The molecule has 0 fully saturated rings. The molecule has 1 aliphatic carbocycles. The summed E-state index contributed by atoms with van der Waals surface area (Å²) in [5.41, 5.74) is 1.17. The topological polar surface area (TPSA) is 78.4 Å². The number of thiophene rings is 1. The lowest BCUT2D eigenvalue weighted by Crippen LogP contribution is -2.49. The summed E-state index contributed by atoms with van der Waals surface area (Å²) < 4.78 is 0. The van der Waals surface area contributed by atoms with Gasteiger partial charge >= 0.3 is 12.0 Å². The van der Waals surface area contributed by atoms with Crippen LogP contribution in [-0.2, 0) is 11.2 Å². The average Bonchev–Trinajstić information content (AvgIpc) is 2.84. The maximum absolute atomic E-state index is 12.0. The number of carbonyl (C=O) groups excluding carboxylic acids is 1. The highest BCUT2D eigenvalue weighted by atomic mass is 32.1. The molecular weight excluding hydrogens is 276 g/mol. The van der Waals surface area contributed by atoms with Crippen molar-refractivity contribution in [3.63, 3.8) is 0 Å². The van der Waals surface area contributed by atoms with E-state index < -0.39 is 18.0 Å². The quantitative estimate of drug-likeness (QED) is 0.799. The van der Waals surface area contributed by atoms with E-state index in [1.807, 2.05) is 11.4 Å². The summed E-state index contributed by atoms with van der Waals surface area (Å²) in [6.45, 7) is 3.55.